The van der Waals surface area contributed by atoms with Crippen LogP contribution in [0.2, 0.25) is 0 Å². The van der Waals surface area contributed by atoms with E-state index in [1.54, 1.807) is 16.9 Å². The Hall–Kier alpha value is -2.70. The van der Waals surface area contributed by atoms with Gasteiger partial charge in [-0.2, -0.15) is 10.2 Å². The molecule has 3 aromatic heterocycles. The lowest BCUT2D eigenvalue weighted by atomic mass is 9.84. The van der Waals surface area contributed by atoms with Gasteiger partial charge in [0, 0.05) is 30.0 Å². The molecule has 0 spiro atoms. The van der Waals surface area contributed by atoms with Gasteiger partial charge in [-0.3, -0.25) is 9.48 Å². The van der Waals surface area contributed by atoms with Crippen LogP contribution >= 0.6 is 0 Å². The van der Waals surface area contributed by atoms with E-state index in [1.807, 2.05) is 23.9 Å². The molecule has 2 saturated carbocycles. The lowest BCUT2D eigenvalue weighted by Crippen LogP contribution is -2.40. The molecule has 0 aliphatic heterocycles. The Balaban J connectivity index is 1.42. The second-order valence-electron chi connectivity index (χ2n) is 8.68. The second kappa shape index (κ2) is 6.97. The number of carbonyl (C=O) groups is 1. The van der Waals surface area contributed by atoms with Crippen LogP contribution in [0.4, 0.5) is 0 Å². The normalized spacial score (nSPS) is 24.3. The minimum atomic E-state index is -0.0825. The van der Waals surface area contributed by atoms with Crippen molar-refractivity contribution in [2.24, 2.45) is 17.8 Å². The van der Waals surface area contributed by atoms with Crippen LogP contribution in [-0.2, 0) is 6.54 Å². The van der Waals surface area contributed by atoms with Gasteiger partial charge in [-0.1, -0.05) is 6.42 Å². The van der Waals surface area contributed by atoms with Crippen molar-refractivity contribution in [3.63, 3.8) is 0 Å². The second-order valence-corrected chi connectivity index (χ2v) is 8.68. The number of nitrogens with zero attached hydrogens (tertiary/aromatic N) is 5. The van der Waals surface area contributed by atoms with Gasteiger partial charge in [-0.15, -0.1) is 0 Å². The monoisotopic (exact) mass is 392 g/mol. The number of aromatic nitrogens is 5. The molecule has 2 aliphatic rings. The summed E-state index contributed by atoms with van der Waals surface area (Å²) in [5.74, 6) is 2.17. The highest BCUT2D eigenvalue weighted by Crippen LogP contribution is 2.49. The summed E-state index contributed by atoms with van der Waals surface area (Å²) in [5, 5.41) is 12.2. The van der Waals surface area contributed by atoms with Gasteiger partial charge in [0.2, 0.25) is 0 Å². The molecule has 0 aromatic carbocycles. The first-order valence-electron chi connectivity index (χ1n) is 10.7. The fourth-order valence-electron chi connectivity index (χ4n) is 5.57. The first-order valence-corrected chi connectivity index (χ1v) is 10.7. The minimum absolute atomic E-state index is 0.0825. The van der Waals surface area contributed by atoms with Gasteiger partial charge < -0.3 is 5.32 Å². The van der Waals surface area contributed by atoms with Crippen LogP contribution < -0.4 is 5.32 Å². The fourth-order valence-corrected chi connectivity index (χ4v) is 5.57. The van der Waals surface area contributed by atoms with Crippen LogP contribution in [0.3, 0.4) is 0 Å². The highest BCUT2D eigenvalue weighted by Gasteiger charge is 2.42. The molecule has 7 heteroatoms. The maximum atomic E-state index is 13.0. The maximum Gasteiger partial charge on any atom is 0.256 e. The van der Waals surface area contributed by atoms with Crippen molar-refractivity contribution in [1.29, 1.82) is 0 Å². The van der Waals surface area contributed by atoms with E-state index in [4.69, 9.17) is 0 Å². The van der Waals surface area contributed by atoms with Crippen molar-refractivity contribution < 1.29 is 4.79 Å². The van der Waals surface area contributed by atoms with Crippen molar-refractivity contribution in [3.8, 4) is 11.3 Å². The van der Waals surface area contributed by atoms with Gasteiger partial charge in [0.1, 0.15) is 5.56 Å². The molecule has 3 heterocycles. The maximum absolute atomic E-state index is 13.0. The molecular weight excluding hydrogens is 364 g/mol. The van der Waals surface area contributed by atoms with Gasteiger partial charge in [-0.05, 0) is 63.9 Å². The van der Waals surface area contributed by atoms with Crippen molar-refractivity contribution in [3.05, 3.63) is 35.9 Å². The molecule has 2 fully saturated rings. The summed E-state index contributed by atoms with van der Waals surface area (Å²) < 4.78 is 3.71. The minimum Gasteiger partial charge on any atom is -0.349 e. The number of nitrogens with one attached hydrogen (secondary N) is 1. The average Bonchev–Trinajstić information content (AvgIpc) is 3.50. The zero-order valence-corrected chi connectivity index (χ0v) is 17.3. The zero-order chi connectivity index (χ0) is 20.1. The molecule has 1 N–H and O–H groups in total. The summed E-state index contributed by atoms with van der Waals surface area (Å²) in [7, 11) is 0. The van der Waals surface area contributed by atoms with Gasteiger partial charge >= 0.3 is 0 Å². The van der Waals surface area contributed by atoms with Crippen molar-refractivity contribution in [2.45, 2.75) is 59.0 Å². The van der Waals surface area contributed by atoms with Crippen LogP contribution in [0, 0.1) is 24.7 Å². The molecular formula is C22H28N6O. The Morgan fingerprint density at radius 1 is 1.28 bits per heavy atom. The predicted octanol–water partition coefficient (Wildman–Crippen LogP) is 3.48. The summed E-state index contributed by atoms with van der Waals surface area (Å²) in [4.78, 5) is 17.5. The van der Waals surface area contributed by atoms with Gasteiger partial charge in [0.25, 0.3) is 5.91 Å². The van der Waals surface area contributed by atoms with Crippen molar-refractivity contribution in [2.75, 3.05) is 0 Å². The van der Waals surface area contributed by atoms with E-state index in [-0.39, 0.29) is 11.9 Å². The number of aryl methyl sites for hydroxylation is 1. The Kier molecular flexibility index (Phi) is 4.41. The molecule has 0 saturated heterocycles. The number of fused-ring (bicyclic) bond motifs is 3. The van der Waals surface area contributed by atoms with Crippen LogP contribution in [0.25, 0.3) is 16.9 Å². The van der Waals surface area contributed by atoms with Gasteiger partial charge in [0.05, 0.1) is 18.1 Å². The van der Waals surface area contributed by atoms with Crippen molar-refractivity contribution >= 4 is 11.6 Å². The van der Waals surface area contributed by atoms with Crippen molar-refractivity contribution in [1.82, 2.24) is 29.7 Å². The third kappa shape index (κ3) is 2.94. The van der Waals surface area contributed by atoms with E-state index in [0.717, 1.165) is 35.3 Å². The first-order chi connectivity index (χ1) is 14.1. The van der Waals surface area contributed by atoms with Gasteiger partial charge in [0.15, 0.2) is 5.65 Å². The van der Waals surface area contributed by atoms with Crippen LogP contribution in [-0.4, -0.2) is 36.3 Å². The molecule has 5 rings (SSSR count). The molecule has 4 atom stereocenters. The summed E-state index contributed by atoms with van der Waals surface area (Å²) in [6.07, 6.45) is 10.5. The molecule has 29 heavy (non-hydrogen) atoms. The van der Waals surface area contributed by atoms with E-state index < -0.39 is 0 Å². The predicted molar refractivity (Wildman–Crippen MR) is 110 cm³/mol. The number of hydrogen-bond acceptors (Lipinski definition) is 4. The Morgan fingerprint density at radius 2 is 2.14 bits per heavy atom. The Labute approximate surface area is 170 Å². The summed E-state index contributed by atoms with van der Waals surface area (Å²) >= 11 is 0. The molecule has 3 aromatic rings. The smallest absolute Gasteiger partial charge is 0.256 e. The molecule has 0 unspecified atom stereocenters. The van der Waals surface area contributed by atoms with Crippen LogP contribution in [0.15, 0.2) is 24.7 Å². The Morgan fingerprint density at radius 3 is 2.83 bits per heavy atom. The molecule has 7 nitrogen and oxygen atoms in total. The zero-order valence-electron chi connectivity index (χ0n) is 17.3. The Bertz CT molecular complexity index is 1070. The lowest BCUT2D eigenvalue weighted by molar-refractivity contribution is 0.0917. The average molecular weight is 393 g/mol. The van der Waals surface area contributed by atoms with E-state index >= 15 is 0 Å². The third-order valence-corrected chi connectivity index (χ3v) is 7.12. The van der Waals surface area contributed by atoms with Gasteiger partial charge in [-0.25, -0.2) is 9.50 Å². The summed E-state index contributed by atoms with van der Waals surface area (Å²) in [6, 6.07) is 2.10. The molecule has 1 amide bonds. The van der Waals surface area contributed by atoms with E-state index in [2.05, 4.69) is 34.3 Å². The molecule has 0 radical (unpaired) electrons. The van der Waals surface area contributed by atoms with E-state index in [0.29, 0.717) is 17.1 Å². The quantitative estimate of drug-likeness (QED) is 0.721. The van der Waals surface area contributed by atoms with E-state index in [9.17, 15) is 4.79 Å². The highest BCUT2D eigenvalue weighted by molar-refractivity contribution is 6.00. The fraction of sp³-hybridized carbons (Fsp3) is 0.545. The lowest BCUT2D eigenvalue weighted by Gasteiger charge is -2.28. The summed E-state index contributed by atoms with van der Waals surface area (Å²) in [5.41, 5.74) is 4.09. The third-order valence-electron chi connectivity index (χ3n) is 7.12. The molecule has 152 valence electrons. The first kappa shape index (κ1) is 18.3. The SMILES string of the molecule is CCn1ncc(-c2ccnc3c(C(=O)N[C@H](C)[C@@H]4C[C@@H]5CC[C@@H]4C5)cnn23)c1C. The van der Waals surface area contributed by atoms with E-state index in [1.165, 1.54) is 25.7 Å². The summed E-state index contributed by atoms with van der Waals surface area (Å²) in [6.45, 7) is 7.08. The standard InChI is InChI=1S/C22H28N6O/c1-4-27-14(3)18(11-24-27)20-7-8-23-21-19(12-25-28(20)21)22(29)26-13(2)17-10-15-5-6-16(17)9-15/h7-8,11-13,15-17H,4-6,9-10H2,1-3H3,(H,26,29)/t13-,15-,16-,17+/m1/s1. The number of hydrogen-bond donors (Lipinski definition) is 1. The molecule has 2 aliphatic carbocycles. The van der Waals surface area contributed by atoms with Crippen LogP contribution in [0.5, 0.6) is 0 Å². The topological polar surface area (TPSA) is 77.1 Å². The van der Waals surface area contributed by atoms with Crippen LogP contribution in [0.1, 0.15) is 55.6 Å². The number of rotatable bonds is 5. The number of amides is 1. The largest absolute Gasteiger partial charge is 0.349 e. The number of carbonyl (C=O) groups excluding carboxylic acids is 1. The highest BCUT2D eigenvalue weighted by atomic mass is 16.1. The molecule has 2 bridgehead atoms.